The van der Waals surface area contributed by atoms with Crippen molar-refractivity contribution < 1.29 is 9.18 Å². The van der Waals surface area contributed by atoms with Crippen molar-refractivity contribution in [2.75, 3.05) is 31.5 Å². The third-order valence-electron chi connectivity index (χ3n) is 5.26. The Hall–Kier alpha value is -2.25. The summed E-state index contributed by atoms with van der Waals surface area (Å²) in [5.74, 6) is 0.246. The quantitative estimate of drug-likeness (QED) is 0.828. The molecule has 0 unspecified atom stereocenters. The normalized spacial score (nSPS) is 19.0. The summed E-state index contributed by atoms with van der Waals surface area (Å²) in [6.45, 7) is 8.34. The Kier molecular flexibility index (Phi) is 6.80. The number of nitrogens with one attached hydrogen (secondary N) is 1. The number of halogens is 1. The lowest BCUT2D eigenvalue weighted by molar-refractivity contribution is -0.117. The van der Waals surface area contributed by atoms with Crippen molar-refractivity contribution in [3.8, 4) is 0 Å². The molecular weight excluding hydrogens is 357 g/mol. The minimum atomic E-state index is -0.203. The number of carbonyl (C=O) groups is 1. The molecule has 3 rings (SSSR count). The van der Waals surface area contributed by atoms with Crippen LogP contribution in [-0.2, 0) is 18.4 Å². The van der Waals surface area contributed by atoms with Crippen molar-refractivity contribution in [2.24, 2.45) is 13.0 Å². The van der Waals surface area contributed by atoms with Crippen LogP contribution in [0, 0.1) is 11.7 Å². The standard InChI is InChI=1S/C21H30FN5O/c1-16(2)20-14-26(15-21(28)24-19-11-23-25(3)13-19)9-4-10-27(20)12-17-5-7-18(22)8-6-17/h5-8,11,13,16,20H,4,9-10,12,14-15H2,1-3H3,(H,24,28)/t20-/m0/s1. The summed E-state index contributed by atoms with van der Waals surface area (Å²) in [7, 11) is 1.83. The largest absolute Gasteiger partial charge is 0.322 e. The predicted molar refractivity (Wildman–Crippen MR) is 108 cm³/mol. The topological polar surface area (TPSA) is 53.4 Å². The Bertz CT molecular complexity index is 773. The lowest BCUT2D eigenvalue weighted by atomic mass is 10.0. The van der Waals surface area contributed by atoms with E-state index < -0.39 is 0 Å². The zero-order valence-corrected chi connectivity index (χ0v) is 16.9. The van der Waals surface area contributed by atoms with Crippen molar-refractivity contribution in [1.29, 1.82) is 0 Å². The van der Waals surface area contributed by atoms with Crippen LogP contribution in [0.2, 0.25) is 0 Å². The zero-order valence-electron chi connectivity index (χ0n) is 16.9. The van der Waals surface area contributed by atoms with E-state index in [2.05, 4.69) is 34.1 Å². The Morgan fingerprint density at radius 3 is 2.68 bits per heavy atom. The number of aromatic nitrogens is 2. The van der Waals surface area contributed by atoms with Gasteiger partial charge in [-0.2, -0.15) is 5.10 Å². The Labute approximate surface area is 166 Å². The van der Waals surface area contributed by atoms with E-state index >= 15 is 0 Å². The first-order valence-electron chi connectivity index (χ1n) is 9.90. The number of anilines is 1. The number of amides is 1. The highest BCUT2D eigenvalue weighted by molar-refractivity contribution is 5.91. The van der Waals surface area contributed by atoms with Crippen molar-refractivity contribution in [1.82, 2.24) is 19.6 Å². The monoisotopic (exact) mass is 387 g/mol. The van der Waals surface area contributed by atoms with Gasteiger partial charge < -0.3 is 5.32 Å². The number of hydrogen-bond donors (Lipinski definition) is 1. The third kappa shape index (κ3) is 5.62. The van der Waals surface area contributed by atoms with Gasteiger partial charge in [0.05, 0.1) is 18.4 Å². The molecule has 1 saturated heterocycles. The molecule has 0 bridgehead atoms. The highest BCUT2D eigenvalue weighted by Crippen LogP contribution is 2.20. The second-order valence-corrected chi connectivity index (χ2v) is 7.95. The van der Waals surface area contributed by atoms with E-state index in [0.717, 1.165) is 43.9 Å². The lowest BCUT2D eigenvalue weighted by Gasteiger charge is -2.34. The zero-order chi connectivity index (χ0) is 20.1. The average molecular weight is 388 g/mol. The number of benzene rings is 1. The molecule has 28 heavy (non-hydrogen) atoms. The van der Waals surface area contributed by atoms with Gasteiger partial charge in [-0.05, 0) is 36.6 Å². The van der Waals surface area contributed by atoms with E-state index in [0.29, 0.717) is 18.5 Å². The first kappa shape index (κ1) is 20.5. The van der Waals surface area contributed by atoms with Crippen LogP contribution in [0.3, 0.4) is 0 Å². The number of nitrogens with zero attached hydrogens (tertiary/aromatic N) is 4. The van der Waals surface area contributed by atoms with Crippen molar-refractivity contribution in [2.45, 2.75) is 32.9 Å². The Morgan fingerprint density at radius 1 is 1.29 bits per heavy atom. The number of rotatable bonds is 6. The molecule has 152 valence electrons. The van der Waals surface area contributed by atoms with Gasteiger partial charge in [0.2, 0.25) is 5.91 Å². The third-order valence-corrected chi connectivity index (χ3v) is 5.26. The van der Waals surface area contributed by atoms with Gasteiger partial charge in [0, 0.05) is 38.9 Å². The summed E-state index contributed by atoms with van der Waals surface area (Å²) < 4.78 is 14.9. The second-order valence-electron chi connectivity index (χ2n) is 7.95. The first-order valence-corrected chi connectivity index (χ1v) is 9.90. The Balaban J connectivity index is 1.61. The molecule has 1 N–H and O–H groups in total. The van der Waals surface area contributed by atoms with Gasteiger partial charge in [-0.15, -0.1) is 0 Å². The maximum Gasteiger partial charge on any atom is 0.238 e. The van der Waals surface area contributed by atoms with E-state index in [9.17, 15) is 9.18 Å². The van der Waals surface area contributed by atoms with Gasteiger partial charge in [0.1, 0.15) is 5.82 Å². The van der Waals surface area contributed by atoms with E-state index in [-0.39, 0.29) is 11.7 Å². The van der Waals surface area contributed by atoms with Crippen LogP contribution in [0.4, 0.5) is 10.1 Å². The highest BCUT2D eigenvalue weighted by atomic mass is 19.1. The van der Waals surface area contributed by atoms with Gasteiger partial charge >= 0.3 is 0 Å². The molecule has 2 heterocycles. The Morgan fingerprint density at radius 2 is 2.04 bits per heavy atom. The molecule has 1 amide bonds. The van der Waals surface area contributed by atoms with Crippen molar-refractivity contribution in [3.05, 3.63) is 48.0 Å². The van der Waals surface area contributed by atoms with Gasteiger partial charge in [-0.3, -0.25) is 19.3 Å². The van der Waals surface area contributed by atoms with Gasteiger partial charge in [-0.25, -0.2) is 4.39 Å². The molecule has 7 heteroatoms. The average Bonchev–Trinajstić information content (AvgIpc) is 2.93. The molecule has 1 atom stereocenters. The second kappa shape index (κ2) is 9.30. The van der Waals surface area contributed by atoms with Crippen molar-refractivity contribution >= 4 is 11.6 Å². The smallest absolute Gasteiger partial charge is 0.238 e. The van der Waals surface area contributed by atoms with E-state index in [1.807, 2.05) is 19.2 Å². The molecule has 0 spiro atoms. The van der Waals surface area contributed by atoms with Crippen LogP contribution in [-0.4, -0.2) is 57.7 Å². The summed E-state index contributed by atoms with van der Waals surface area (Å²) in [6.07, 6.45) is 4.45. The van der Waals surface area contributed by atoms with E-state index in [1.165, 1.54) is 12.1 Å². The van der Waals surface area contributed by atoms with Crippen LogP contribution in [0.25, 0.3) is 0 Å². The van der Waals surface area contributed by atoms with Crippen LogP contribution in [0.15, 0.2) is 36.7 Å². The predicted octanol–water partition coefficient (Wildman–Crippen LogP) is 2.73. The minimum Gasteiger partial charge on any atom is -0.322 e. The molecule has 0 radical (unpaired) electrons. The molecule has 0 aliphatic carbocycles. The minimum absolute atomic E-state index is 0.0116. The van der Waals surface area contributed by atoms with Gasteiger partial charge in [0.25, 0.3) is 0 Å². The number of hydrogen-bond acceptors (Lipinski definition) is 4. The van der Waals surface area contributed by atoms with Crippen LogP contribution >= 0.6 is 0 Å². The van der Waals surface area contributed by atoms with Crippen LogP contribution in [0.5, 0.6) is 0 Å². The molecular formula is C21H30FN5O. The molecule has 1 aromatic carbocycles. The molecule has 6 nitrogen and oxygen atoms in total. The van der Waals surface area contributed by atoms with E-state index in [1.54, 1.807) is 17.1 Å². The first-order chi connectivity index (χ1) is 13.4. The van der Waals surface area contributed by atoms with Crippen LogP contribution in [0.1, 0.15) is 25.8 Å². The van der Waals surface area contributed by atoms with Crippen LogP contribution < -0.4 is 5.32 Å². The summed E-state index contributed by atoms with van der Waals surface area (Å²) in [5, 5.41) is 7.00. The summed E-state index contributed by atoms with van der Waals surface area (Å²) in [5.41, 5.74) is 1.84. The maximum atomic E-state index is 13.2. The fourth-order valence-electron chi connectivity index (χ4n) is 3.82. The number of aryl methyl sites for hydroxylation is 1. The number of carbonyl (C=O) groups excluding carboxylic acids is 1. The SMILES string of the molecule is CC(C)[C@@H]1CN(CC(=O)Nc2cnn(C)c2)CCCN1Cc1ccc(F)cc1. The highest BCUT2D eigenvalue weighted by Gasteiger charge is 2.28. The molecule has 1 fully saturated rings. The summed E-state index contributed by atoms with van der Waals surface area (Å²) in [6, 6.07) is 7.10. The van der Waals surface area contributed by atoms with Crippen molar-refractivity contribution in [3.63, 3.8) is 0 Å². The fraction of sp³-hybridized carbons (Fsp3) is 0.524. The molecule has 2 aromatic rings. The molecule has 1 aliphatic rings. The van der Waals surface area contributed by atoms with Gasteiger partial charge in [-0.1, -0.05) is 26.0 Å². The maximum absolute atomic E-state index is 13.2. The summed E-state index contributed by atoms with van der Waals surface area (Å²) in [4.78, 5) is 17.2. The van der Waals surface area contributed by atoms with E-state index in [4.69, 9.17) is 0 Å². The lowest BCUT2D eigenvalue weighted by Crippen LogP contribution is -2.45. The molecule has 1 aromatic heterocycles. The fourth-order valence-corrected chi connectivity index (χ4v) is 3.82. The molecule has 0 saturated carbocycles. The van der Waals surface area contributed by atoms with Gasteiger partial charge in [0.15, 0.2) is 0 Å². The molecule has 1 aliphatic heterocycles. The summed E-state index contributed by atoms with van der Waals surface area (Å²) >= 11 is 0.